The summed E-state index contributed by atoms with van der Waals surface area (Å²) in [5.41, 5.74) is 4.65. The van der Waals surface area contributed by atoms with Crippen LogP contribution < -0.4 is 11.1 Å². The third-order valence-electron chi connectivity index (χ3n) is 5.32. The van der Waals surface area contributed by atoms with Crippen LogP contribution in [0, 0.1) is 5.92 Å². The maximum Gasteiger partial charge on any atom is 0.313 e. The molecule has 0 aliphatic carbocycles. The van der Waals surface area contributed by atoms with Crippen LogP contribution in [-0.2, 0) is 20.9 Å². The van der Waals surface area contributed by atoms with Crippen LogP contribution in [0.5, 0.6) is 0 Å². The number of amidine groups is 1. The van der Waals surface area contributed by atoms with Gasteiger partial charge in [0.25, 0.3) is 5.91 Å². The number of hydrogen-bond acceptors (Lipinski definition) is 10. The Labute approximate surface area is 191 Å². The Morgan fingerprint density at radius 2 is 2.25 bits per heavy atom. The maximum absolute atomic E-state index is 13.8. The van der Waals surface area contributed by atoms with Crippen LogP contribution in [0.2, 0.25) is 0 Å². The molecule has 1 amide bonds. The van der Waals surface area contributed by atoms with Crippen molar-refractivity contribution in [1.29, 1.82) is 0 Å². The van der Waals surface area contributed by atoms with Gasteiger partial charge in [0.05, 0.1) is 25.1 Å². The number of thioether (sulfide) groups is 1. The highest BCUT2D eigenvalue weighted by Gasteiger charge is 2.49. The molecule has 2 aliphatic rings. The van der Waals surface area contributed by atoms with Gasteiger partial charge >= 0.3 is 5.92 Å². The van der Waals surface area contributed by atoms with Crippen molar-refractivity contribution >= 4 is 40.0 Å². The Bertz CT molecular complexity index is 1020. The largest absolute Gasteiger partial charge is 0.379 e. The van der Waals surface area contributed by atoms with E-state index in [0.717, 1.165) is 24.6 Å². The quantitative estimate of drug-likeness (QED) is 0.641. The number of methoxy groups -OCH3 is 1. The molecule has 2 aromatic heterocycles. The number of nitrogens with one attached hydrogen (secondary N) is 1. The fourth-order valence-corrected chi connectivity index (χ4v) is 5.65. The molecule has 0 radical (unpaired) electrons. The van der Waals surface area contributed by atoms with Crippen molar-refractivity contribution in [2.45, 2.75) is 30.9 Å². The lowest BCUT2D eigenvalue weighted by atomic mass is 9.80. The smallest absolute Gasteiger partial charge is 0.313 e. The van der Waals surface area contributed by atoms with Crippen molar-refractivity contribution in [3.05, 3.63) is 34.2 Å². The number of anilines is 1. The lowest BCUT2D eigenvalue weighted by Crippen LogP contribution is -2.49. The van der Waals surface area contributed by atoms with E-state index in [4.69, 9.17) is 15.5 Å². The van der Waals surface area contributed by atoms with Gasteiger partial charge in [-0.05, 0) is 13.3 Å². The fraction of sp³-hybridized carbons (Fsp3) is 0.526. The maximum atomic E-state index is 13.8. The van der Waals surface area contributed by atoms with Crippen LogP contribution >= 0.6 is 23.1 Å². The van der Waals surface area contributed by atoms with Gasteiger partial charge in [-0.3, -0.25) is 9.78 Å². The van der Waals surface area contributed by atoms with Crippen LogP contribution in [0.1, 0.15) is 34.5 Å². The number of carbonyl (C=O) groups excluding carboxylic acids is 1. The van der Waals surface area contributed by atoms with E-state index in [-0.39, 0.29) is 17.7 Å². The molecule has 4 rings (SSSR count). The van der Waals surface area contributed by atoms with Crippen molar-refractivity contribution in [2.75, 3.05) is 31.4 Å². The normalized spacial score (nSPS) is 25.7. The number of nitrogens with zero attached hydrogens (tertiary/aromatic N) is 4. The minimum atomic E-state index is -3.30. The second kappa shape index (κ2) is 8.96. The molecule has 2 aliphatic heterocycles. The predicted molar refractivity (Wildman–Crippen MR) is 117 cm³/mol. The molecule has 4 heterocycles. The second-order valence-electron chi connectivity index (χ2n) is 7.66. The van der Waals surface area contributed by atoms with Crippen molar-refractivity contribution in [3.63, 3.8) is 0 Å². The van der Waals surface area contributed by atoms with Crippen molar-refractivity contribution in [3.8, 4) is 0 Å². The summed E-state index contributed by atoms with van der Waals surface area (Å²) in [6.07, 6.45) is 2.82. The van der Waals surface area contributed by atoms with Crippen LogP contribution in [0.3, 0.4) is 0 Å². The van der Waals surface area contributed by atoms with E-state index >= 15 is 0 Å². The topological polar surface area (TPSA) is 125 Å². The number of alkyl halides is 2. The van der Waals surface area contributed by atoms with Gasteiger partial charge in [-0.2, -0.15) is 8.78 Å². The van der Waals surface area contributed by atoms with E-state index < -0.39 is 29.7 Å². The highest BCUT2D eigenvalue weighted by atomic mass is 32.2. The summed E-state index contributed by atoms with van der Waals surface area (Å²) in [4.78, 5) is 29.3. The molecule has 32 heavy (non-hydrogen) atoms. The molecule has 1 unspecified atom stereocenters. The number of carbonyl (C=O) groups is 1. The lowest BCUT2D eigenvalue weighted by Gasteiger charge is -2.44. The first kappa shape index (κ1) is 23.0. The van der Waals surface area contributed by atoms with Gasteiger partial charge in [-0.1, -0.05) is 11.8 Å². The number of amides is 1. The summed E-state index contributed by atoms with van der Waals surface area (Å²) in [6, 6.07) is 0. The third-order valence-corrected chi connectivity index (χ3v) is 7.29. The zero-order valence-corrected chi connectivity index (χ0v) is 19.0. The highest BCUT2D eigenvalue weighted by molar-refractivity contribution is 8.13. The minimum Gasteiger partial charge on any atom is -0.379 e. The van der Waals surface area contributed by atoms with Crippen molar-refractivity contribution in [2.24, 2.45) is 16.6 Å². The Hall–Kier alpha value is -2.22. The molecule has 3 atom stereocenters. The van der Waals surface area contributed by atoms with Gasteiger partial charge in [0.2, 0.25) is 0 Å². The number of thiazole rings is 1. The van der Waals surface area contributed by atoms with Gasteiger partial charge in [-0.25, -0.2) is 15.0 Å². The van der Waals surface area contributed by atoms with Crippen LogP contribution in [-0.4, -0.2) is 58.2 Å². The molecule has 0 saturated carbocycles. The second-order valence-corrected chi connectivity index (χ2v) is 9.55. The predicted octanol–water partition coefficient (Wildman–Crippen LogP) is 2.61. The number of aliphatic imine (C=N–C) groups is 1. The number of ether oxygens (including phenoxy) is 2. The van der Waals surface area contributed by atoms with E-state index in [1.54, 1.807) is 5.38 Å². The molecule has 13 heteroatoms. The lowest BCUT2D eigenvalue weighted by molar-refractivity contribution is -0.0733. The minimum absolute atomic E-state index is 0.112. The summed E-state index contributed by atoms with van der Waals surface area (Å²) in [5, 5.41) is 5.52. The molecular formula is C19H22F2N6O3S2. The number of hydrogen-bond donors (Lipinski definition) is 2. The van der Waals surface area contributed by atoms with E-state index in [1.165, 1.54) is 30.2 Å². The molecule has 0 aromatic carbocycles. The van der Waals surface area contributed by atoms with Crippen LogP contribution in [0.15, 0.2) is 22.8 Å². The zero-order valence-electron chi connectivity index (χ0n) is 17.4. The Balaban J connectivity index is 1.51. The Morgan fingerprint density at radius 3 is 2.97 bits per heavy atom. The average molecular weight is 485 g/mol. The molecule has 0 bridgehead atoms. The molecule has 0 spiro atoms. The molecule has 9 nitrogen and oxygen atoms in total. The number of nitrogens with two attached hydrogens (primary N) is 1. The highest BCUT2D eigenvalue weighted by Crippen LogP contribution is 2.47. The van der Waals surface area contributed by atoms with Crippen LogP contribution in [0.25, 0.3) is 0 Å². The average Bonchev–Trinajstić information content (AvgIpc) is 3.23. The Morgan fingerprint density at radius 1 is 1.44 bits per heavy atom. The SMILES string of the molecule is COCC(F)(F)c1cnc(C(=O)Nc2csc(C34CO[C@@H](C)C[C@H]3CSC(N)=N4)n2)cn1. The summed E-state index contributed by atoms with van der Waals surface area (Å²) in [5.74, 6) is -2.56. The molecule has 3 N–H and O–H groups in total. The first-order chi connectivity index (χ1) is 15.2. The summed E-state index contributed by atoms with van der Waals surface area (Å²) in [7, 11) is 1.17. The van der Waals surface area contributed by atoms with E-state index in [9.17, 15) is 13.6 Å². The van der Waals surface area contributed by atoms with E-state index in [0.29, 0.717) is 22.6 Å². The third kappa shape index (κ3) is 4.47. The first-order valence-corrected chi connectivity index (χ1v) is 11.7. The fourth-order valence-electron chi connectivity index (χ4n) is 3.68. The summed E-state index contributed by atoms with van der Waals surface area (Å²) >= 11 is 2.88. The van der Waals surface area contributed by atoms with Crippen LogP contribution in [0.4, 0.5) is 14.6 Å². The molecule has 1 saturated heterocycles. The van der Waals surface area contributed by atoms with E-state index in [2.05, 4.69) is 25.0 Å². The van der Waals surface area contributed by atoms with Gasteiger partial charge in [0, 0.05) is 24.2 Å². The van der Waals surface area contributed by atoms with E-state index in [1.807, 2.05) is 6.92 Å². The summed E-state index contributed by atoms with van der Waals surface area (Å²) < 4.78 is 38.0. The van der Waals surface area contributed by atoms with Crippen molar-refractivity contribution in [1.82, 2.24) is 15.0 Å². The first-order valence-electron chi connectivity index (χ1n) is 9.80. The molecule has 1 fully saturated rings. The number of fused-ring (bicyclic) bond motifs is 1. The number of rotatable bonds is 6. The molecular weight excluding hydrogens is 462 g/mol. The van der Waals surface area contributed by atoms with Gasteiger partial charge < -0.3 is 20.5 Å². The van der Waals surface area contributed by atoms with Gasteiger partial charge in [0.15, 0.2) is 5.17 Å². The monoisotopic (exact) mass is 484 g/mol. The van der Waals surface area contributed by atoms with Crippen molar-refractivity contribution < 1.29 is 23.0 Å². The molecule has 2 aromatic rings. The van der Waals surface area contributed by atoms with Gasteiger partial charge in [-0.15, -0.1) is 11.3 Å². The zero-order chi connectivity index (χ0) is 22.9. The number of aromatic nitrogens is 3. The summed E-state index contributed by atoms with van der Waals surface area (Å²) in [6.45, 7) is 1.57. The Kier molecular flexibility index (Phi) is 6.43. The number of halogens is 2. The standard InChI is InChI=1S/C19H22F2N6O3S2/c1-10-3-11-6-32-17(22)27-18(11,8-30-10)16-26-14(7-31-16)25-15(28)12-4-24-13(5-23-12)19(20,21)9-29-2/h4-5,7,10-11H,3,6,8-9H2,1-2H3,(H2,22,27)(H,25,28)/t10-,11-,18?/m0/s1. The molecule has 172 valence electrons. The van der Waals surface area contributed by atoms with Gasteiger partial charge in [0.1, 0.15) is 34.4 Å².